The maximum absolute atomic E-state index is 9.43. The lowest BCUT2D eigenvalue weighted by molar-refractivity contribution is 0.227. The van der Waals surface area contributed by atoms with E-state index in [0.29, 0.717) is 17.6 Å². The fraction of sp³-hybridized carbons (Fsp3) is 0.333. The number of hydrogen-bond donors (Lipinski definition) is 2. The number of phenolic OH excluding ortho intramolecular Hbond substituents is 1. The van der Waals surface area contributed by atoms with Gasteiger partial charge in [0.1, 0.15) is 5.75 Å². The van der Waals surface area contributed by atoms with Gasteiger partial charge >= 0.3 is 0 Å². The minimum Gasteiger partial charge on any atom is -0.508 e. The van der Waals surface area contributed by atoms with E-state index < -0.39 is 0 Å². The Balaban J connectivity index is 2.22. The van der Waals surface area contributed by atoms with Crippen LogP contribution < -0.4 is 0 Å². The van der Waals surface area contributed by atoms with E-state index in [1.54, 1.807) is 12.1 Å². The summed E-state index contributed by atoms with van der Waals surface area (Å²) in [5, 5.41) is 18.6. The van der Waals surface area contributed by atoms with Crippen molar-refractivity contribution in [3.05, 3.63) is 65.7 Å². The van der Waals surface area contributed by atoms with E-state index in [2.05, 4.69) is 31.2 Å². The summed E-state index contributed by atoms with van der Waals surface area (Å²) in [6.07, 6.45) is 1.98. The molecule has 2 heteroatoms. The first-order valence-electron chi connectivity index (χ1n) is 7.15. The Bertz CT molecular complexity index is 505. The van der Waals surface area contributed by atoms with Crippen LogP contribution in [0.3, 0.4) is 0 Å². The Labute approximate surface area is 120 Å². The monoisotopic (exact) mass is 270 g/mol. The van der Waals surface area contributed by atoms with Crippen molar-refractivity contribution in [3.8, 4) is 5.75 Å². The molecule has 2 atom stereocenters. The third-order valence-corrected chi connectivity index (χ3v) is 3.76. The van der Waals surface area contributed by atoms with E-state index in [4.69, 9.17) is 0 Å². The first-order valence-corrected chi connectivity index (χ1v) is 7.15. The van der Waals surface area contributed by atoms with Gasteiger partial charge in [0, 0.05) is 12.5 Å². The average molecular weight is 270 g/mol. The third kappa shape index (κ3) is 3.84. The number of aliphatic hydroxyl groups is 1. The Morgan fingerprint density at radius 2 is 1.45 bits per heavy atom. The van der Waals surface area contributed by atoms with Crippen LogP contribution in [0, 0.1) is 5.92 Å². The molecule has 2 unspecified atom stereocenters. The summed E-state index contributed by atoms with van der Waals surface area (Å²) in [4.78, 5) is 0. The minimum absolute atomic E-state index is 0.233. The zero-order valence-corrected chi connectivity index (χ0v) is 11.9. The van der Waals surface area contributed by atoms with Crippen molar-refractivity contribution in [1.29, 1.82) is 0 Å². The molecule has 2 aromatic carbocycles. The van der Waals surface area contributed by atoms with E-state index in [-0.39, 0.29) is 6.61 Å². The van der Waals surface area contributed by atoms with Crippen molar-refractivity contribution in [2.45, 2.75) is 25.7 Å². The van der Waals surface area contributed by atoms with E-state index in [1.807, 2.05) is 18.2 Å². The number of benzene rings is 2. The first-order chi connectivity index (χ1) is 9.70. The molecule has 106 valence electrons. The smallest absolute Gasteiger partial charge is 0.115 e. The van der Waals surface area contributed by atoms with Crippen molar-refractivity contribution < 1.29 is 10.2 Å². The van der Waals surface area contributed by atoms with Gasteiger partial charge in [0.25, 0.3) is 0 Å². The molecule has 0 fully saturated rings. The lowest BCUT2D eigenvalue weighted by atomic mass is 9.85. The van der Waals surface area contributed by atoms with Crippen molar-refractivity contribution in [3.63, 3.8) is 0 Å². The zero-order chi connectivity index (χ0) is 14.4. The molecule has 0 radical (unpaired) electrons. The van der Waals surface area contributed by atoms with Crippen molar-refractivity contribution in [2.75, 3.05) is 6.61 Å². The normalized spacial score (nSPS) is 13.9. The van der Waals surface area contributed by atoms with Crippen LogP contribution in [0.25, 0.3) is 0 Å². The average Bonchev–Trinajstić information content (AvgIpc) is 2.50. The van der Waals surface area contributed by atoms with Gasteiger partial charge in [-0.05, 0) is 42.0 Å². The van der Waals surface area contributed by atoms with Crippen LogP contribution in [0.4, 0.5) is 0 Å². The van der Waals surface area contributed by atoms with Gasteiger partial charge < -0.3 is 10.2 Å². The highest BCUT2D eigenvalue weighted by Gasteiger charge is 2.15. The summed E-state index contributed by atoms with van der Waals surface area (Å²) in [5.74, 6) is 0.924. The molecule has 0 aromatic heterocycles. The summed E-state index contributed by atoms with van der Waals surface area (Å²) in [5.41, 5.74) is 2.49. The van der Waals surface area contributed by atoms with Crippen molar-refractivity contribution in [2.24, 2.45) is 5.92 Å². The van der Waals surface area contributed by atoms with Crippen LogP contribution in [0.15, 0.2) is 54.6 Å². The molecule has 2 rings (SSSR count). The van der Waals surface area contributed by atoms with Gasteiger partial charge in [-0.2, -0.15) is 0 Å². The molecule has 20 heavy (non-hydrogen) atoms. The predicted octanol–water partition coefficient (Wildman–Crippen LogP) is 3.93. The van der Waals surface area contributed by atoms with E-state index in [0.717, 1.165) is 12.8 Å². The number of phenols is 1. The standard InChI is InChI=1S/C18H22O2/c1-14(13-19)7-12-18(15-5-3-2-4-6-15)16-8-10-17(20)11-9-16/h2-6,8-11,14,18-20H,7,12-13H2,1H3. The summed E-state index contributed by atoms with van der Waals surface area (Å²) in [7, 11) is 0. The molecule has 0 aliphatic carbocycles. The number of aromatic hydroxyl groups is 1. The second kappa shape index (κ2) is 7.11. The summed E-state index contributed by atoms with van der Waals surface area (Å²) in [6, 6.07) is 17.8. The molecule has 2 nitrogen and oxygen atoms in total. The van der Waals surface area contributed by atoms with E-state index in [1.165, 1.54) is 11.1 Å². The Kier molecular flexibility index (Phi) is 5.19. The topological polar surface area (TPSA) is 40.5 Å². The van der Waals surface area contributed by atoms with Crippen LogP contribution in [0.5, 0.6) is 5.75 Å². The number of aliphatic hydroxyl groups excluding tert-OH is 1. The van der Waals surface area contributed by atoms with Crippen molar-refractivity contribution in [1.82, 2.24) is 0 Å². The maximum Gasteiger partial charge on any atom is 0.115 e. The van der Waals surface area contributed by atoms with E-state index >= 15 is 0 Å². The number of hydrogen-bond acceptors (Lipinski definition) is 2. The lowest BCUT2D eigenvalue weighted by Crippen LogP contribution is -2.06. The van der Waals surface area contributed by atoms with Gasteiger partial charge in [-0.1, -0.05) is 49.4 Å². The van der Waals surface area contributed by atoms with Gasteiger partial charge in [-0.3, -0.25) is 0 Å². The number of rotatable bonds is 6. The fourth-order valence-electron chi connectivity index (χ4n) is 2.46. The molecular weight excluding hydrogens is 248 g/mol. The van der Waals surface area contributed by atoms with Gasteiger partial charge in [-0.25, -0.2) is 0 Å². The first kappa shape index (κ1) is 14.6. The molecule has 0 saturated heterocycles. The molecule has 0 saturated carbocycles. The second-order valence-corrected chi connectivity index (χ2v) is 5.42. The summed E-state index contributed by atoms with van der Waals surface area (Å²) in [6.45, 7) is 2.30. The lowest BCUT2D eigenvalue weighted by Gasteiger charge is -2.20. The molecule has 0 bridgehead atoms. The van der Waals surface area contributed by atoms with Crippen LogP contribution in [0.1, 0.15) is 36.8 Å². The summed E-state index contributed by atoms with van der Waals surface area (Å²) >= 11 is 0. The maximum atomic E-state index is 9.43. The molecule has 0 aliphatic rings. The SMILES string of the molecule is CC(CO)CCC(c1ccccc1)c1ccc(O)cc1. The van der Waals surface area contributed by atoms with Gasteiger partial charge in [0.15, 0.2) is 0 Å². The largest absolute Gasteiger partial charge is 0.508 e. The molecule has 2 N–H and O–H groups in total. The van der Waals surface area contributed by atoms with Crippen LogP contribution in [-0.4, -0.2) is 16.8 Å². The Morgan fingerprint density at radius 3 is 2.05 bits per heavy atom. The Hall–Kier alpha value is -1.80. The Morgan fingerprint density at radius 1 is 0.850 bits per heavy atom. The second-order valence-electron chi connectivity index (χ2n) is 5.42. The quantitative estimate of drug-likeness (QED) is 0.835. The van der Waals surface area contributed by atoms with E-state index in [9.17, 15) is 10.2 Å². The summed E-state index contributed by atoms with van der Waals surface area (Å²) < 4.78 is 0. The van der Waals surface area contributed by atoms with Crippen molar-refractivity contribution >= 4 is 0 Å². The zero-order valence-electron chi connectivity index (χ0n) is 11.9. The van der Waals surface area contributed by atoms with Gasteiger partial charge in [0.2, 0.25) is 0 Å². The highest BCUT2D eigenvalue weighted by Crippen LogP contribution is 2.31. The third-order valence-electron chi connectivity index (χ3n) is 3.76. The van der Waals surface area contributed by atoms with Crippen LogP contribution >= 0.6 is 0 Å². The highest BCUT2D eigenvalue weighted by atomic mass is 16.3. The predicted molar refractivity (Wildman–Crippen MR) is 81.9 cm³/mol. The molecule has 0 aliphatic heterocycles. The molecular formula is C18H22O2. The molecule has 2 aromatic rings. The fourth-order valence-corrected chi connectivity index (χ4v) is 2.46. The van der Waals surface area contributed by atoms with Gasteiger partial charge in [-0.15, -0.1) is 0 Å². The van der Waals surface area contributed by atoms with Crippen LogP contribution in [0.2, 0.25) is 0 Å². The molecule has 0 spiro atoms. The highest BCUT2D eigenvalue weighted by molar-refractivity contribution is 5.35. The minimum atomic E-state index is 0.233. The molecule has 0 heterocycles. The van der Waals surface area contributed by atoms with Gasteiger partial charge in [0.05, 0.1) is 0 Å². The molecule has 0 amide bonds. The van der Waals surface area contributed by atoms with Crippen LogP contribution in [-0.2, 0) is 0 Å².